The van der Waals surface area contributed by atoms with E-state index in [2.05, 4.69) is 62.3 Å². The van der Waals surface area contributed by atoms with Crippen molar-refractivity contribution in [2.24, 2.45) is 10.9 Å². The van der Waals surface area contributed by atoms with Gasteiger partial charge in [0.05, 0.1) is 0 Å². The van der Waals surface area contributed by atoms with E-state index in [-0.39, 0.29) is 24.0 Å². The number of guanidine groups is 1. The summed E-state index contributed by atoms with van der Waals surface area (Å²) in [6, 6.07) is 0. The van der Waals surface area contributed by atoms with Crippen molar-refractivity contribution in [1.29, 1.82) is 0 Å². The van der Waals surface area contributed by atoms with Gasteiger partial charge in [0.15, 0.2) is 11.1 Å². The molecule has 2 N–H and O–H groups in total. The largest absolute Gasteiger partial charge is 0.356 e. The van der Waals surface area contributed by atoms with E-state index in [1.807, 2.05) is 7.05 Å². The summed E-state index contributed by atoms with van der Waals surface area (Å²) in [5.74, 6) is 3.88. The van der Waals surface area contributed by atoms with Gasteiger partial charge in [0, 0.05) is 38.4 Å². The van der Waals surface area contributed by atoms with Gasteiger partial charge in [0.25, 0.3) is 0 Å². The molecule has 1 aliphatic rings. The van der Waals surface area contributed by atoms with Crippen LogP contribution in [0.5, 0.6) is 0 Å². The Bertz CT molecular complexity index is 543. The maximum absolute atomic E-state index is 4.38. The van der Waals surface area contributed by atoms with E-state index in [0.29, 0.717) is 5.92 Å². The van der Waals surface area contributed by atoms with Crippen LogP contribution in [0.4, 0.5) is 0 Å². The first-order chi connectivity index (χ1) is 12.1. The van der Waals surface area contributed by atoms with Gasteiger partial charge >= 0.3 is 0 Å². The van der Waals surface area contributed by atoms with Crippen molar-refractivity contribution in [3.05, 3.63) is 5.82 Å². The van der Waals surface area contributed by atoms with Crippen LogP contribution in [0, 0.1) is 5.92 Å². The van der Waals surface area contributed by atoms with E-state index in [0.717, 1.165) is 54.7 Å². The molecule has 1 aromatic rings. The highest BCUT2D eigenvalue weighted by molar-refractivity contribution is 14.0. The lowest BCUT2D eigenvalue weighted by atomic mass is 10.2. The molecule has 1 aliphatic heterocycles. The minimum absolute atomic E-state index is 0. The second kappa shape index (κ2) is 13.1. The molecule has 26 heavy (non-hydrogen) atoms. The molecule has 1 unspecified atom stereocenters. The third-order valence-electron chi connectivity index (χ3n) is 4.14. The van der Waals surface area contributed by atoms with Crippen LogP contribution >= 0.6 is 47.5 Å². The molecule has 0 aliphatic carbocycles. The summed E-state index contributed by atoms with van der Waals surface area (Å²) < 4.78 is 2.26. The number of hydrogen-bond donors (Lipinski definition) is 2. The zero-order valence-electron chi connectivity index (χ0n) is 16.3. The minimum Gasteiger partial charge on any atom is -0.356 e. The van der Waals surface area contributed by atoms with Crippen LogP contribution in [0.3, 0.4) is 0 Å². The lowest BCUT2D eigenvalue weighted by molar-refractivity contribution is 0.477. The first kappa shape index (κ1) is 23.9. The van der Waals surface area contributed by atoms with Gasteiger partial charge in [-0.25, -0.2) is 0 Å². The van der Waals surface area contributed by atoms with Gasteiger partial charge in [-0.1, -0.05) is 25.6 Å². The van der Waals surface area contributed by atoms with Crippen molar-refractivity contribution in [3.8, 4) is 0 Å². The summed E-state index contributed by atoms with van der Waals surface area (Å²) >= 11 is 3.73. The highest BCUT2D eigenvalue weighted by atomic mass is 127. The van der Waals surface area contributed by atoms with E-state index in [9.17, 15) is 0 Å². The molecule has 0 bridgehead atoms. The average molecular weight is 513 g/mol. The molecule has 1 atom stereocenters. The highest BCUT2D eigenvalue weighted by Crippen LogP contribution is 2.25. The Balaban J connectivity index is 0.00000338. The summed E-state index contributed by atoms with van der Waals surface area (Å²) in [5, 5.41) is 17.3. The second-order valence-electron chi connectivity index (χ2n) is 6.73. The van der Waals surface area contributed by atoms with Crippen LogP contribution < -0.4 is 10.6 Å². The lowest BCUT2D eigenvalue weighted by Crippen LogP contribution is -2.40. The summed E-state index contributed by atoms with van der Waals surface area (Å²) in [5.41, 5.74) is 0. The van der Waals surface area contributed by atoms with Gasteiger partial charge < -0.3 is 15.2 Å². The van der Waals surface area contributed by atoms with Gasteiger partial charge in [-0.3, -0.25) is 4.99 Å². The van der Waals surface area contributed by atoms with E-state index in [1.54, 1.807) is 11.8 Å². The Morgan fingerprint density at radius 3 is 2.81 bits per heavy atom. The molecule has 1 aromatic heterocycles. The number of aryl methyl sites for hydroxylation is 1. The maximum atomic E-state index is 4.38. The standard InChI is InChI=1S/C17H32N6S2.HI/c1-13(2)12-23-15(21-22-17(23)24-4)8-5-9-19-16(18-3)20-11-14-7-6-10-25-14;/h13-14H,5-12H2,1-4H3,(H2,18,19,20);1H. The lowest BCUT2D eigenvalue weighted by Gasteiger charge is -2.15. The number of hydrogen-bond acceptors (Lipinski definition) is 5. The predicted octanol–water partition coefficient (Wildman–Crippen LogP) is 3.27. The van der Waals surface area contributed by atoms with E-state index < -0.39 is 0 Å². The van der Waals surface area contributed by atoms with Crippen LogP contribution in [-0.2, 0) is 13.0 Å². The fourth-order valence-corrected chi connectivity index (χ4v) is 4.62. The van der Waals surface area contributed by atoms with E-state index >= 15 is 0 Å². The zero-order valence-corrected chi connectivity index (χ0v) is 20.3. The van der Waals surface area contributed by atoms with Crippen molar-refractivity contribution >= 4 is 53.5 Å². The monoisotopic (exact) mass is 512 g/mol. The number of thioether (sulfide) groups is 2. The van der Waals surface area contributed by atoms with Gasteiger partial charge in [0.1, 0.15) is 5.82 Å². The van der Waals surface area contributed by atoms with Gasteiger partial charge in [-0.15, -0.1) is 34.2 Å². The number of nitrogens with one attached hydrogen (secondary N) is 2. The Kier molecular flexibility index (Phi) is 12.0. The summed E-state index contributed by atoms with van der Waals surface area (Å²) in [6.07, 6.45) is 6.67. The quantitative estimate of drug-likeness (QED) is 0.174. The normalized spacial score (nSPS) is 17.4. The topological polar surface area (TPSA) is 67.1 Å². The fraction of sp³-hybridized carbons (Fsp3) is 0.824. The molecule has 0 aromatic carbocycles. The first-order valence-electron chi connectivity index (χ1n) is 9.16. The Hall–Kier alpha value is -0.160. The predicted molar refractivity (Wildman–Crippen MR) is 125 cm³/mol. The molecule has 1 saturated heterocycles. The second-order valence-corrected chi connectivity index (χ2v) is 8.91. The first-order valence-corrected chi connectivity index (χ1v) is 11.4. The Labute approximate surface area is 183 Å². The van der Waals surface area contributed by atoms with Crippen LogP contribution in [0.25, 0.3) is 0 Å². The smallest absolute Gasteiger partial charge is 0.191 e. The van der Waals surface area contributed by atoms with Crippen molar-refractivity contribution in [3.63, 3.8) is 0 Å². The molecule has 6 nitrogen and oxygen atoms in total. The Morgan fingerprint density at radius 2 is 2.19 bits per heavy atom. The molecule has 2 heterocycles. The molecule has 0 radical (unpaired) electrons. The molecule has 0 saturated carbocycles. The molecule has 0 spiro atoms. The summed E-state index contributed by atoms with van der Waals surface area (Å²) in [4.78, 5) is 4.32. The maximum Gasteiger partial charge on any atom is 0.191 e. The van der Waals surface area contributed by atoms with Crippen LogP contribution in [-0.4, -0.2) is 58.1 Å². The molecule has 2 rings (SSSR count). The van der Waals surface area contributed by atoms with Crippen LogP contribution in [0.2, 0.25) is 0 Å². The Morgan fingerprint density at radius 1 is 1.38 bits per heavy atom. The van der Waals surface area contributed by atoms with Gasteiger partial charge in [-0.05, 0) is 37.2 Å². The van der Waals surface area contributed by atoms with Crippen molar-refractivity contribution in [2.75, 3.05) is 32.1 Å². The fourth-order valence-electron chi connectivity index (χ4n) is 2.89. The third kappa shape index (κ3) is 7.84. The van der Waals surface area contributed by atoms with Crippen LogP contribution in [0.15, 0.2) is 10.1 Å². The number of halogens is 1. The molecule has 150 valence electrons. The number of aliphatic imine (C=N–C) groups is 1. The van der Waals surface area contributed by atoms with E-state index in [4.69, 9.17) is 0 Å². The van der Waals surface area contributed by atoms with E-state index in [1.165, 1.54) is 18.6 Å². The molecule has 0 amide bonds. The molecular formula is C17H33IN6S2. The molecule has 1 fully saturated rings. The SMILES string of the molecule is CN=C(NCCCc1nnc(SC)n1CC(C)C)NCC1CCCS1.I. The van der Waals surface area contributed by atoms with Crippen molar-refractivity contribution in [1.82, 2.24) is 25.4 Å². The minimum atomic E-state index is 0. The number of nitrogens with zero attached hydrogens (tertiary/aromatic N) is 4. The highest BCUT2D eigenvalue weighted by Gasteiger charge is 2.15. The molecular weight excluding hydrogens is 479 g/mol. The summed E-state index contributed by atoms with van der Waals surface area (Å²) in [6.45, 7) is 7.33. The average Bonchev–Trinajstić information content (AvgIpc) is 3.24. The van der Waals surface area contributed by atoms with Gasteiger partial charge in [-0.2, -0.15) is 11.8 Å². The molecule has 9 heteroatoms. The zero-order chi connectivity index (χ0) is 18.1. The van der Waals surface area contributed by atoms with Gasteiger partial charge in [0.2, 0.25) is 0 Å². The summed E-state index contributed by atoms with van der Waals surface area (Å²) in [7, 11) is 1.83. The van der Waals surface area contributed by atoms with Crippen molar-refractivity contribution < 1.29 is 0 Å². The van der Waals surface area contributed by atoms with Crippen LogP contribution in [0.1, 0.15) is 38.9 Å². The number of rotatable bonds is 9. The third-order valence-corrected chi connectivity index (χ3v) is 6.20. The number of aromatic nitrogens is 3. The van der Waals surface area contributed by atoms with Crippen molar-refractivity contribution in [2.45, 2.75) is 56.5 Å².